The van der Waals surface area contributed by atoms with Crippen molar-refractivity contribution in [3.63, 3.8) is 0 Å². The highest BCUT2D eigenvalue weighted by Crippen LogP contribution is 2.27. The zero-order valence-electron chi connectivity index (χ0n) is 16.4. The maximum absolute atomic E-state index is 13.9. The van der Waals surface area contributed by atoms with Gasteiger partial charge in [-0.05, 0) is 31.0 Å². The molecule has 1 aliphatic heterocycles. The Hall–Kier alpha value is -3.36. The van der Waals surface area contributed by atoms with Crippen LogP contribution in [0.2, 0.25) is 0 Å². The normalized spacial score (nSPS) is 14.4. The van der Waals surface area contributed by atoms with Crippen LogP contribution >= 0.6 is 0 Å². The average Bonchev–Trinajstić information content (AvgIpc) is 2.70. The molecule has 29 heavy (non-hydrogen) atoms. The van der Waals surface area contributed by atoms with Crippen molar-refractivity contribution in [1.82, 2.24) is 14.8 Å². The summed E-state index contributed by atoms with van der Waals surface area (Å²) in [5, 5.41) is 2.72. The summed E-state index contributed by atoms with van der Waals surface area (Å²) < 4.78 is 19.4. The number of hydrogen-bond acceptors (Lipinski definition) is 5. The predicted octanol–water partition coefficient (Wildman–Crippen LogP) is 3.07. The van der Waals surface area contributed by atoms with Crippen LogP contribution in [0.4, 0.5) is 20.7 Å². The lowest BCUT2D eigenvalue weighted by molar-refractivity contribution is -0.130. The highest BCUT2D eigenvalue weighted by atomic mass is 19.1. The van der Waals surface area contributed by atoms with E-state index >= 15 is 0 Å². The van der Waals surface area contributed by atoms with E-state index in [1.807, 2.05) is 0 Å². The van der Waals surface area contributed by atoms with Gasteiger partial charge < -0.3 is 20.3 Å². The van der Waals surface area contributed by atoms with Gasteiger partial charge in [-0.15, -0.1) is 0 Å². The minimum absolute atomic E-state index is 0.0250. The topological polar surface area (TPSA) is 101 Å². The van der Waals surface area contributed by atoms with Crippen LogP contribution in [0.3, 0.4) is 0 Å². The Kier molecular flexibility index (Phi) is 6.16. The molecule has 1 aromatic heterocycles. The Morgan fingerprint density at radius 3 is 2.66 bits per heavy atom. The second kappa shape index (κ2) is 8.76. The zero-order chi connectivity index (χ0) is 21.0. The number of pyridine rings is 1. The van der Waals surface area contributed by atoms with Gasteiger partial charge in [-0.1, -0.05) is 0 Å². The van der Waals surface area contributed by atoms with Gasteiger partial charge in [-0.3, -0.25) is 10.1 Å². The van der Waals surface area contributed by atoms with E-state index in [0.717, 1.165) is 12.8 Å². The first-order valence-electron chi connectivity index (χ1n) is 9.31. The van der Waals surface area contributed by atoms with Crippen molar-refractivity contribution >= 4 is 23.4 Å². The first-order chi connectivity index (χ1) is 13.8. The molecule has 0 bridgehead atoms. The van der Waals surface area contributed by atoms with Crippen LogP contribution in [0.25, 0.3) is 0 Å². The summed E-state index contributed by atoms with van der Waals surface area (Å²) in [6.45, 7) is 2.81. The van der Waals surface area contributed by atoms with Gasteiger partial charge in [0.2, 0.25) is 5.91 Å². The SMILES string of the molecule is CC(=O)N1CCC(N(C)C(=O)Nc2cc(Oc3ccc(N)cc3F)ccn2)CC1. The number of nitrogens with one attached hydrogen (secondary N) is 1. The molecule has 2 heterocycles. The lowest BCUT2D eigenvalue weighted by Gasteiger charge is -2.36. The second-order valence-electron chi connectivity index (χ2n) is 6.95. The number of amides is 3. The predicted molar refractivity (Wildman–Crippen MR) is 107 cm³/mol. The lowest BCUT2D eigenvalue weighted by atomic mass is 10.0. The molecule has 0 aliphatic carbocycles. The molecule has 9 heteroatoms. The lowest BCUT2D eigenvalue weighted by Crippen LogP contribution is -2.48. The van der Waals surface area contributed by atoms with E-state index in [-0.39, 0.29) is 29.5 Å². The first-order valence-corrected chi connectivity index (χ1v) is 9.31. The molecule has 0 spiro atoms. The fourth-order valence-electron chi connectivity index (χ4n) is 3.20. The molecule has 154 valence electrons. The summed E-state index contributed by atoms with van der Waals surface area (Å²) in [5.41, 5.74) is 5.84. The highest BCUT2D eigenvalue weighted by Gasteiger charge is 2.26. The fraction of sp³-hybridized carbons (Fsp3) is 0.350. The number of anilines is 2. The molecule has 8 nitrogen and oxygen atoms in total. The molecule has 0 radical (unpaired) electrons. The molecule has 3 rings (SSSR count). The van der Waals surface area contributed by atoms with Crippen molar-refractivity contribution < 1.29 is 18.7 Å². The van der Waals surface area contributed by atoms with Crippen LogP contribution in [0.1, 0.15) is 19.8 Å². The molecule has 0 atom stereocenters. The largest absolute Gasteiger partial charge is 0.454 e. The van der Waals surface area contributed by atoms with Gasteiger partial charge in [0.15, 0.2) is 11.6 Å². The van der Waals surface area contributed by atoms with Crippen molar-refractivity contribution in [1.29, 1.82) is 0 Å². The van der Waals surface area contributed by atoms with Crippen LogP contribution in [0, 0.1) is 5.82 Å². The van der Waals surface area contributed by atoms with E-state index in [2.05, 4.69) is 10.3 Å². The molecule has 1 aliphatic rings. The van der Waals surface area contributed by atoms with Crippen molar-refractivity contribution in [3.05, 3.63) is 42.3 Å². The molecule has 1 saturated heterocycles. The second-order valence-corrected chi connectivity index (χ2v) is 6.95. The number of halogens is 1. The van der Waals surface area contributed by atoms with Gasteiger partial charge >= 0.3 is 6.03 Å². The smallest absolute Gasteiger partial charge is 0.323 e. The number of rotatable bonds is 4. The number of carbonyl (C=O) groups is 2. The van der Waals surface area contributed by atoms with Gasteiger partial charge in [0, 0.05) is 57.1 Å². The van der Waals surface area contributed by atoms with Gasteiger partial charge in [-0.25, -0.2) is 14.2 Å². The van der Waals surface area contributed by atoms with Gasteiger partial charge in [0.25, 0.3) is 0 Å². The van der Waals surface area contributed by atoms with Gasteiger partial charge in [0.05, 0.1) is 0 Å². The maximum atomic E-state index is 13.9. The number of carbonyl (C=O) groups excluding carboxylic acids is 2. The zero-order valence-corrected chi connectivity index (χ0v) is 16.4. The molecule has 0 unspecified atom stereocenters. The van der Waals surface area contributed by atoms with Crippen LogP contribution < -0.4 is 15.8 Å². The molecule has 3 N–H and O–H groups in total. The maximum Gasteiger partial charge on any atom is 0.323 e. The molecular formula is C20H24FN5O3. The molecular weight excluding hydrogens is 377 g/mol. The third-order valence-electron chi connectivity index (χ3n) is 4.93. The summed E-state index contributed by atoms with van der Waals surface area (Å²) >= 11 is 0. The summed E-state index contributed by atoms with van der Waals surface area (Å²) in [5.74, 6) is 0.114. The van der Waals surface area contributed by atoms with E-state index in [0.29, 0.717) is 24.5 Å². The summed E-state index contributed by atoms with van der Waals surface area (Å²) in [4.78, 5) is 31.5. The van der Waals surface area contributed by atoms with Crippen LogP contribution in [0.5, 0.6) is 11.5 Å². The molecule has 3 amide bonds. The Morgan fingerprint density at radius 2 is 2.00 bits per heavy atom. The molecule has 2 aromatic rings. The molecule has 1 fully saturated rings. The van der Waals surface area contributed by atoms with Crippen molar-refractivity contribution in [2.75, 3.05) is 31.2 Å². The minimum atomic E-state index is -0.580. The number of nitrogens with zero attached hydrogens (tertiary/aromatic N) is 3. The number of nitrogens with two attached hydrogens (primary N) is 1. The Labute approximate surface area is 168 Å². The van der Waals surface area contributed by atoms with Crippen molar-refractivity contribution in [2.24, 2.45) is 0 Å². The summed E-state index contributed by atoms with van der Waals surface area (Å²) in [6, 6.07) is 6.95. The Balaban J connectivity index is 1.60. The highest BCUT2D eigenvalue weighted by molar-refractivity contribution is 5.88. The van der Waals surface area contributed by atoms with Crippen LogP contribution in [-0.4, -0.2) is 52.9 Å². The number of aromatic nitrogens is 1. The number of benzene rings is 1. The van der Waals surface area contributed by atoms with E-state index in [9.17, 15) is 14.0 Å². The molecule has 1 aromatic carbocycles. The van der Waals surface area contributed by atoms with E-state index in [1.54, 1.807) is 29.8 Å². The number of urea groups is 1. The van der Waals surface area contributed by atoms with Crippen molar-refractivity contribution in [2.45, 2.75) is 25.8 Å². The Bertz CT molecular complexity index is 899. The summed E-state index contributed by atoms with van der Waals surface area (Å²) in [7, 11) is 1.72. The number of likely N-dealkylation sites (tertiary alicyclic amines) is 1. The number of ether oxygens (including phenoxy) is 1. The number of nitrogen functional groups attached to an aromatic ring is 1. The fourth-order valence-corrected chi connectivity index (χ4v) is 3.20. The number of piperidine rings is 1. The average molecular weight is 401 g/mol. The van der Waals surface area contributed by atoms with Crippen LogP contribution in [-0.2, 0) is 4.79 Å². The number of hydrogen-bond donors (Lipinski definition) is 2. The van der Waals surface area contributed by atoms with Gasteiger partial charge in [0.1, 0.15) is 11.6 Å². The Morgan fingerprint density at radius 1 is 1.28 bits per heavy atom. The standard InChI is InChI=1S/C20H24FN5O3/c1-13(27)26-9-6-15(7-10-26)25(2)20(28)24-19-12-16(5-8-23-19)29-18-4-3-14(22)11-17(18)21/h3-5,8,11-12,15H,6-7,9-10,22H2,1-2H3,(H,23,24,28). The van der Waals surface area contributed by atoms with Gasteiger partial charge in [-0.2, -0.15) is 0 Å². The van der Waals surface area contributed by atoms with Crippen molar-refractivity contribution in [3.8, 4) is 11.5 Å². The minimum Gasteiger partial charge on any atom is -0.454 e. The monoisotopic (exact) mass is 401 g/mol. The third kappa shape index (κ3) is 5.13. The quantitative estimate of drug-likeness (QED) is 0.767. The van der Waals surface area contributed by atoms with Crippen LogP contribution in [0.15, 0.2) is 36.5 Å². The first kappa shape index (κ1) is 20.4. The van der Waals surface area contributed by atoms with E-state index < -0.39 is 5.82 Å². The molecule has 0 saturated carbocycles. The van der Waals surface area contributed by atoms with E-state index in [4.69, 9.17) is 10.5 Å². The van der Waals surface area contributed by atoms with E-state index in [1.165, 1.54) is 30.5 Å². The third-order valence-corrected chi connectivity index (χ3v) is 4.93. The summed E-state index contributed by atoms with van der Waals surface area (Å²) in [6.07, 6.45) is 2.90.